The zero-order valence-electron chi connectivity index (χ0n) is 16.7. The molecule has 0 radical (unpaired) electrons. The van der Waals surface area contributed by atoms with E-state index < -0.39 is 0 Å². The molecule has 1 aliphatic rings. The molecule has 0 atom stereocenters. The minimum Gasteiger partial charge on any atom is -0.480 e. The summed E-state index contributed by atoms with van der Waals surface area (Å²) in [6, 6.07) is 16.7. The van der Waals surface area contributed by atoms with Gasteiger partial charge in [0.2, 0.25) is 0 Å². The van der Waals surface area contributed by atoms with Crippen LogP contribution in [0.5, 0.6) is 11.5 Å². The van der Waals surface area contributed by atoms with Crippen LogP contribution in [0.15, 0.2) is 54.6 Å². The van der Waals surface area contributed by atoms with E-state index >= 15 is 0 Å². The van der Waals surface area contributed by atoms with Gasteiger partial charge in [-0.05, 0) is 24.3 Å². The zero-order chi connectivity index (χ0) is 21.0. The molecule has 2 aromatic carbocycles. The molecule has 0 saturated carbocycles. The fourth-order valence-corrected chi connectivity index (χ4v) is 2.83. The van der Waals surface area contributed by atoms with Gasteiger partial charge in [-0.15, -0.1) is 0 Å². The summed E-state index contributed by atoms with van der Waals surface area (Å²) in [5, 5.41) is 5.70. The highest BCUT2D eigenvalue weighted by Gasteiger charge is 2.12. The van der Waals surface area contributed by atoms with E-state index in [0.717, 1.165) is 5.56 Å². The summed E-state index contributed by atoms with van der Waals surface area (Å²) < 4.78 is 11.1. The van der Waals surface area contributed by atoms with Gasteiger partial charge in [0.05, 0.1) is 6.54 Å². The molecule has 1 heterocycles. The molecule has 7 heteroatoms. The molecule has 1 aliphatic heterocycles. The first-order valence-corrected chi connectivity index (χ1v) is 9.85. The van der Waals surface area contributed by atoms with Crippen LogP contribution in [0.2, 0.25) is 0 Å². The molecule has 0 unspecified atom stereocenters. The van der Waals surface area contributed by atoms with Crippen LogP contribution in [0.1, 0.15) is 5.56 Å². The van der Waals surface area contributed by atoms with Crippen molar-refractivity contribution in [3.63, 3.8) is 0 Å². The number of fused-ring (bicyclic) bond motifs is 1. The van der Waals surface area contributed by atoms with Crippen molar-refractivity contribution in [2.45, 2.75) is 0 Å². The minimum absolute atomic E-state index is 0.125. The molecule has 30 heavy (non-hydrogen) atoms. The topological polar surface area (TPSA) is 79.9 Å². The number of benzene rings is 2. The quantitative estimate of drug-likeness (QED) is 0.691. The number of para-hydroxylation sites is 2. The lowest BCUT2D eigenvalue weighted by atomic mass is 10.2. The third kappa shape index (κ3) is 7.15. The van der Waals surface area contributed by atoms with Crippen LogP contribution >= 0.6 is 0 Å². The Bertz CT molecular complexity index is 860. The number of rotatable bonds is 1. The van der Waals surface area contributed by atoms with Crippen LogP contribution in [-0.4, -0.2) is 62.7 Å². The van der Waals surface area contributed by atoms with Crippen molar-refractivity contribution in [2.24, 2.45) is 0 Å². The van der Waals surface area contributed by atoms with E-state index in [2.05, 4.69) is 27.4 Å². The van der Waals surface area contributed by atoms with Gasteiger partial charge in [-0.2, -0.15) is 0 Å². The highest BCUT2D eigenvalue weighted by Crippen LogP contribution is 2.26. The van der Waals surface area contributed by atoms with Gasteiger partial charge < -0.3 is 20.1 Å². The molecule has 0 fully saturated rings. The Labute approximate surface area is 176 Å². The predicted molar refractivity (Wildman–Crippen MR) is 113 cm³/mol. The molecule has 3 rings (SSSR count). The third-order valence-electron chi connectivity index (χ3n) is 4.38. The monoisotopic (exact) mass is 407 g/mol. The number of carbonyl (C=O) groups excluding carboxylic acids is 2. The maximum Gasteiger partial charge on any atom is 0.257 e. The van der Waals surface area contributed by atoms with Crippen LogP contribution in [0.3, 0.4) is 0 Å². The number of amides is 2. The molecule has 156 valence electrons. The Morgan fingerprint density at radius 2 is 1.33 bits per heavy atom. The third-order valence-corrected chi connectivity index (χ3v) is 4.38. The second-order valence-corrected chi connectivity index (χ2v) is 6.67. The first-order chi connectivity index (χ1) is 14.7. The average molecular weight is 407 g/mol. The van der Waals surface area contributed by atoms with E-state index in [0.29, 0.717) is 44.2 Å². The second kappa shape index (κ2) is 11.5. The van der Waals surface area contributed by atoms with E-state index in [4.69, 9.17) is 9.47 Å². The lowest BCUT2D eigenvalue weighted by molar-refractivity contribution is -0.124. The summed E-state index contributed by atoms with van der Waals surface area (Å²) in [6.07, 6.45) is 0. The average Bonchev–Trinajstić information content (AvgIpc) is 2.77. The summed E-state index contributed by atoms with van der Waals surface area (Å²) in [5.74, 6) is 6.69. The van der Waals surface area contributed by atoms with Gasteiger partial charge in [-0.3, -0.25) is 14.5 Å². The van der Waals surface area contributed by atoms with Crippen LogP contribution in [0, 0.1) is 11.8 Å². The number of nitrogens with zero attached hydrogens (tertiary/aromatic N) is 1. The highest BCUT2D eigenvalue weighted by molar-refractivity contribution is 5.78. The van der Waals surface area contributed by atoms with E-state index in [-0.39, 0.29) is 25.0 Å². The molecule has 0 aromatic heterocycles. The van der Waals surface area contributed by atoms with Gasteiger partial charge in [-0.25, -0.2) is 0 Å². The summed E-state index contributed by atoms with van der Waals surface area (Å²) in [6.45, 7) is 2.42. The molecular formula is C23H25N3O4. The zero-order valence-corrected chi connectivity index (χ0v) is 16.7. The van der Waals surface area contributed by atoms with Crippen LogP contribution in [0.4, 0.5) is 0 Å². The molecule has 2 N–H and O–H groups in total. The highest BCUT2D eigenvalue weighted by atomic mass is 16.5. The Balaban J connectivity index is 1.60. The lowest BCUT2D eigenvalue weighted by Gasteiger charge is -2.20. The molecular weight excluding hydrogens is 382 g/mol. The standard InChI is InChI=1S/C23H25N3O4/c27-22-17-29-20-10-4-5-11-21(20)30-18-23(28)25-13-16-26(15-12-24-22)14-6-9-19-7-2-1-3-8-19/h1-5,7-8,10-11H,12-18H2,(H,24,27)(H,25,28). The molecule has 0 bridgehead atoms. The summed E-state index contributed by atoms with van der Waals surface area (Å²) in [7, 11) is 0. The van der Waals surface area contributed by atoms with Gasteiger partial charge in [0, 0.05) is 31.7 Å². The Morgan fingerprint density at radius 1 is 0.800 bits per heavy atom. The minimum atomic E-state index is -0.218. The summed E-state index contributed by atoms with van der Waals surface area (Å²) in [4.78, 5) is 26.3. The molecule has 7 nitrogen and oxygen atoms in total. The van der Waals surface area contributed by atoms with Gasteiger partial charge in [0.15, 0.2) is 24.7 Å². The maximum atomic E-state index is 12.1. The Morgan fingerprint density at radius 3 is 1.90 bits per heavy atom. The number of hydrogen-bond acceptors (Lipinski definition) is 5. The Hall–Kier alpha value is -3.50. The van der Waals surface area contributed by atoms with E-state index in [9.17, 15) is 9.59 Å². The summed E-state index contributed by atoms with van der Waals surface area (Å²) >= 11 is 0. The first-order valence-electron chi connectivity index (χ1n) is 9.85. The predicted octanol–water partition coefficient (Wildman–Crippen LogP) is 1.04. The van der Waals surface area contributed by atoms with Crippen molar-refractivity contribution >= 4 is 11.8 Å². The van der Waals surface area contributed by atoms with Crippen LogP contribution < -0.4 is 20.1 Å². The SMILES string of the molecule is O=C1COc2ccccc2OCC(=O)NCCN(CC#Cc2ccccc2)CCN1. The number of carbonyl (C=O) groups is 2. The Kier molecular flexibility index (Phi) is 8.12. The van der Waals surface area contributed by atoms with E-state index in [1.54, 1.807) is 24.3 Å². The number of ether oxygens (including phenoxy) is 2. The first kappa shape index (κ1) is 21.2. The van der Waals surface area contributed by atoms with Crippen molar-refractivity contribution < 1.29 is 19.1 Å². The van der Waals surface area contributed by atoms with Crippen molar-refractivity contribution in [2.75, 3.05) is 45.9 Å². The largest absolute Gasteiger partial charge is 0.480 e. The van der Waals surface area contributed by atoms with Crippen molar-refractivity contribution in [1.29, 1.82) is 0 Å². The molecule has 0 aliphatic carbocycles. The van der Waals surface area contributed by atoms with Gasteiger partial charge in [0.25, 0.3) is 11.8 Å². The number of hydrogen-bond donors (Lipinski definition) is 2. The van der Waals surface area contributed by atoms with Crippen molar-refractivity contribution in [3.05, 3.63) is 60.2 Å². The fourth-order valence-electron chi connectivity index (χ4n) is 2.83. The van der Waals surface area contributed by atoms with Gasteiger partial charge in [-0.1, -0.05) is 42.2 Å². The van der Waals surface area contributed by atoms with Crippen molar-refractivity contribution in [3.8, 4) is 23.3 Å². The molecule has 2 aromatic rings. The van der Waals surface area contributed by atoms with E-state index in [1.165, 1.54) is 0 Å². The number of nitrogens with one attached hydrogen (secondary N) is 2. The van der Waals surface area contributed by atoms with Gasteiger partial charge in [0.1, 0.15) is 0 Å². The van der Waals surface area contributed by atoms with Crippen molar-refractivity contribution in [1.82, 2.24) is 15.5 Å². The second-order valence-electron chi connectivity index (χ2n) is 6.67. The van der Waals surface area contributed by atoms with E-state index in [1.807, 2.05) is 30.3 Å². The lowest BCUT2D eigenvalue weighted by Crippen LogP contribution is -2.41. The molecule has 0 spiro atoms. The van der Waals surface area contributed by atoms with Crippen LogP contribution in [-0.2, 0) is 9.59 Å². The summed E-state index contributed by atoms with van der Waals surface area (Å²) in [5.41, 5.74) is 0.950. The molecule has 2 amide bonds. The van der Waals surface area contributed by atoms with Crippen LogP contribution in [0.25, 0.3) is 0 Å². The maximum absolute atomic E-state index is 12.1. The fraction of sp³-hybridized carbons (Fsp3) is 0.304. The molecule has 0 saturated heterocycles. The smallest absolute Gasteiger partial charge is 0.257 e. The van der Waals surface area contributed by atoms with Gasteiger partial charge >= 0.3 is 0 Å². The normalized spacial score (nSPS) is 16.1.